The molecule has 3 heteroatoms. The van der Waals surface area contributed by atoms with E-state index in [-0.39, 0.29) is 0 Å². The Bertz CT molecular complexity index is 618. The molecule has 0 N–H and O–H groups in total. The molecule has 1 aromatic carbocycles. The van der Waals surface area contributed by atoms with Crippen LogP contribution in [-0.2, 0) is 0 Å². The third-order valence-electron chi connectivity index (χ3n) is 3.06. The van der Waals surface area contributed by atoms with Crippen molar-refractivity contribution >= 4 is 11.4 Å². The largest absolute Gasteiger partial charge is 0.495 e. The van der Waals surface area contributed by atoms with Crippen molar-refractivity contribution in [1.82, 2.24) is 4.98 Å². The van der Waals surface area contributed by atoms with Crippen molar-refractivity contribution in [1.29, 1.82) is 0 Å². The molecule has 0 amide bonds. The van der Waals surface area contributed by atoms with Gasteiger partial charge in [-0.1, -0.05) is 18.2 Å². The zero-order valence-electron chi connectivity index (χ0n) is 11.8. The highest BCUT2D eigenvalue weighted by molar-refractivity contribution is 5.98. The molecular formula is C16H18N2O. The summed E-state index contributed by atoms with van der Waals surface area (Å²) in [5.74, 6) is 0.799. The molecule has 2 aromatic rings. The number of aryl methyl sites for hydroxylation is 2. The average molecular weight is 254 g/mol. The summed E-state index contributed by atoms with van der Waals surface area (Å²) in [5.41, 5.74) is 4.98. The first-order chi connectivity index (χ1) is 9.11. The zero-order valence-corrected chi connectivity index (χ0v) is 11.8. The van der Waals surface area contributed by atoms with Gasteiger partial charge in [0.15, 0.2) is 0 Å². The highest BCUT2D eigenvalue weighted by Gasteiger charge is 2.05. The summed E-state index contributed by atoms with van der Waals surface area (Å²) in [7, 11) is 1.65. The van der Waals surface area contributed by atoms with E-state index in [0.29, 0.717) is 0 Å². The molecule has 0 atom stereocenters. The number of pyridine rings is 1. The van der Waals surface area contributed by atoms with Gasteiger partial charge >= 0.3 is 0 Å². The number of ether oxygens (including phenoxy) is 1. The zero-order chi connectivity index (χ0) is 13.8. The normalized spacial score (nSPS) is 11.5. The van der Waals surface area contributed by atoms with E-state index in [0.717, 1.165) is 34.0 Å². The summed E-state index contributed by atoms with van der Waals surface area (Å²) in [5, 5.41) is 0. The maximum Gasteiger partial charge on any atom is 0.140 e. The SMILES string of the molecule is COc1cnc(/C(C)=N/c2ccccc2C)cc1C. The van der Waals surface area contributed by atoms with Crippen LogP contribution in [0.2, 0.25) is 0 Å². The maximum atomic E-state index is 5.21. The number of nitrogens with zero attached hydrogens (tertiary/aromatic N) is 2. The Morgan fingerprint density at radius 3 is 2.53 bits per heavy atom. The summed E-state index contributed by atoms with van der Waals surface area (Å²) in [6.45, 7) is 6.03. The lowest BCUT2D eigenvalue weighted by atomic mass is 10.1. The molecule has 0 radical (unpaired) electrons. The molecular weight excluding hydrogens is 236 g/mol. The van der Waals surface area contributed by atoms with E-state index in [9.17, 15) is 0 Å². The third kappa shape index (κ3) is 2.99. The van der Waals surface area contributed by atoms with Crippen molar-refractivity contribution in [3.63, 3.8) is 0 Å². The molecule has 0 aliphatic rings. The fourth-order valence-corrected chi connectivity index (χ4v) is 1.88. The van der Waals surface area contributed by atoms with Gasteiger partial charge in [0, 0.05) is 0 Å². The fraction of sp³-hybridized carbons (Fsp3) is 0.250. The van der Waals surface area contributed by atoms with E-state index in [4.69, 9.17) is 4.74 Å². The number of hydrogen-bond acceptors (Lipinski definition) is 3. The molecule has 19 heavy (non-hydrogen) atoms. The summed E-state index contributed by atoms with van der Waals surface area (Å²) in [6.07, 6.45) is 1.74. The second-order valence-corrected chi connectivity index (χ2v) is 4.52. The van der Waals surface area contributed by atoms with Crippen LogP contribution < -0.4 is 4.74 Å². The number of aromatic nitrogens is 1. The Hall–Kier alpha value is -2.16. The van der Waals surface area contributed by atoms with Crippen LogP contribution in [0.5, 0.6) is 5.75 Å². The van der Waals surface area contributed by atoms with Gasteiger partial charge in [0.1, 0.15) is 5.75 Å². The topological polar surface area (TPSA) is 34.5 Å². The number of aliphatic imine (C=N–C) groups is 1. The second-order valence-electron chi connectivity index (χ2n) is 4.52. The van der Waals surface area contributed by atoms with Crippen molar-refractivity contribution in [2.75, 3.05) is 7.11 Å². The quantitative estimate of drug-likeness (QED) is 0.780. The standard InChI is InChI=1S/C16H18N2O/c1-11-7-5-6-8-14(11)18-13(3)15-9-12(2)16(19-4)10-17-15/h5-10H,1-4H3/b18-13+. The van der Waals surface area contributed by atoms with Gasteiger partial charge in [-0.3, -0.25) is 9.98 Å². The number of hydrogen-bond donors (Lipinski definition) is 0. The van der Waals surface area contributed by atoms with Gasteiger partial charge in [0.05, 0.1) is 30.4 Å². The Labute approximate surface area is 114 Å². The molecule has 3 nitrogen and oxygen atoms in total. The third-order valence-corrected chi connectivity index (χ3v) is 3.06. The van der Waals surface area contributed by atoms with Crippen LogP contribution in [0.15, 0.2) is 41.5 Å². The van der Waals surface area contributed by atoms with Gasteiger partial charge in [-0.25, -0.2) is 0 Å². The van der Waals surface area contributed by atoms with E-state index >= 15 is 0 Å². The summed E-state index contributed by atoms with van der Waals surface area (Å²) < 4.78 is 5.21. The molecule has 98 valence electrons. The van der Waals surface area contributed by atoms with E-state index in [1.165, 1.54) is 0 Å². The lowest BCUT2D eigenvalue weighted by Crippen LogP contribution is -2.00. The van der Waals surface area contributed by atoms with Gasteiger partial charge in [-0.2, -0.15) is 0 Å². The Kier molecular flexibility index (Phi) is 3.95. The first-order valence-electron chi connectivity index (χ1n) is 6.23. The predicted molar refractivity (Wildman–Crippen MR) is 78.6 cm³/mol. The Morgan fingerprint density at radius 1 is 1.16 bits per heavy atom. The predicted octanol–water partition coefficient (Wildman–Crippen LogP) is 3.85. The van der Waals surface area contributed by atoms with Crippen LogP contribution in [-0.4, -0.2) is 17.8 Å². The van der Waals surface area contributed by atoms with Gasteiger partial charge in [-0.05, 0) is 44.0 Å². The van der Waals surface area contributed by atoms with Crippen molar-refractivity contribution < 1.29 is 4.74 Å². The Morgan fingerprint density at radius 2 is 1.89 bits per heavy atom. The molecule has 1 heterocycles. The van der Waals surface area contributed by atoms with Gasteiger partial charge in [0.25, 0.3) is 0 Å². The number of rotatable bonds is 3. The van der Waals surface area contributed by atoms with Crippen LogP contribution in [0.25, 0.3) is 0 Å². The van der Waals surface area contributed by atoms with Gasteiger partial charge < -0.3 is 4.74 Å². The highest BCUT2D eigenvalue weighted by Crippen LogP contribution is 2.20. The minimum absolute atomic E-state index is 0.799. The van der Waals surface area contributed by atoms with Crippen molar-refractivity contribution in [3.05, 3.63) is 53.3 Å². The molecule has 0 unspecified atom stereocenters. The van der Waals surface area contributed by atoms with Gasteiger partial charge in [0.2, 0.25) is 0 Å². The van der Waals surface area contributed by atoms with E-state index in [1.54, 1.807) is 13.3 Å². The minimum atomic E-state index is 0.799. The summed E-state index contributed by atoms with van der Waals surface area (Å²) in [6, 6.07) is 10.1. The fourth-order valence-electron chi connectivity index (χ4n) is 1.88. The first-order valence-corrected chi connectivity index (χ1v) is 6.23. The lowest BCUT2D eigenvalue weighted by molar-refractivity contribution is 0.409. The molecule has 0 aliphatic heterocycles. The van der Waals surface area contributed by atoms with Crippen molar-refractivity contribution in [3.8, 4) is 5.75 Å². The molecule has 0 fully saturated rings. The van der Waals surface area contributed by atoms with E-state index < -0.39 is 0 Å². The van der Waals surface area contributed by atoms with Crippen LogP contribution in [0.3, 0.4) is 0 Å². The molecule has 0 bridgehead atoms. The number of para-hydroxylation sites is 1. The van der Waals surface area contributed by atoms with Crippen LogP contribution >= 0.6 is 0 Å². The molecule has 2 rings (SSSR count). The monoisotopic (exact) mass is 254 g/mol. The molecule has 1 aromatic heterocycles. The van der Waals surface area contributed by atoms with E-state index in [1.807, 2.05) is 38.1 Å². The number of methoxy groups -OCH3 is 1. The minimum Gasteiger partial charge on any atom is -0.495 e. The van der Waals surface area contributed by atoms with Crippen molar-refractivity contribution in [2.45, 2.75) is 20.8 Å². The van der Waals surface area contributed by atoms with Gasteiger partial charge in [-0.15, -0.1) is 0 Å². The van der Waals surface area contributed by atoms with Crippen LogP contribution in [0, 0.1) is 13.8 Å². The molecule has 0 spiro atoms. The molecule has 0 saturated heterocycles. The van der Waals surface area contributed by atoms with Crippen LogP contribution in [0.1, 0.15) is 23.7 Å². The van der Waals surface area contributed by atoms with E-state index in [2.05, 4.69) is 23.0 Å². The molecule has 0 aliphatic carbocycles. The smallest absolute Gasteiger partial charge is 0.140 e. The second kappa shape index (κ2) is 5.65. The molecule has 0 saturated carbocycles. The number of benzene rings is 1. The lowest BCUT2D eigenvalue weighted by Gasteiger charge is -2.07. The first kappa shape index (κ1) is 13.3. The maximum absolute atomic E-state index is 5.21. The summed E-state index contributed by atoms with van der Waals surface area (Å²) in [4.78, 5) is 9.02. The summed E-state index contributed by atoms with van der Waals surface area (Å²) >= 11 is 0. The average Bonchev–Trinajstić information content (AvgIpc) is 2.41. The Balaban J connectivity index is 2.36. The highest BCUT2D eigenvalue weighted by atomic mass is 16.5. The van der Waals surface area contributed by atoms with Crippen molar-refractivity contribution in [2.24, 2.45) is 4.99 Å². The van der Waals surface area contributed by atoms with Crippen LogP contribution in [0.4, 0.5) is 5.69 Å².